The highest BCUT2D eigenvalue weighted by molar-refractivity contribution is 5.90. The average molecular weight is 479 g/mol. The number of hydrogen-bond acceptors (Lipinski definition) is 4. The number of nitrogens with zero attached hydrogens (tertiary/aromatic N) is 2. The fourth-order valence-electron chi connectivity index (χ4n) is 4.13. The van der Waals surface area contributed by atoms with Crippen LogP contribution in [-0.2, 0) is 11.2 Å². The Morgan fingerprint density at radius 2 is 1.63 bits per heavy atom. The van der Waals surface area contributed by atoms with E-state index in [-0.39, 0.29) is 5.97 Å². The first-order valence-electron chi connectivity index (χ1n) is 13.6. The van der Waals surface area contributed by atoms with Gasteiger partial charge in [-0.15, -0.1) is 0 Å². The summed E-state index contributed by atoms with van der Waals surface area (Å²) in [6.45, 7) is 3.18. The number of benzene rings is 1. The van der Waals surface area contributed by atoms with Crippen LogP contribution in [0.4, 0.5) is 0 Å². The summed E-state index contributed by atoms with van der Waals surface area (Å²) in [7, 11) is 4.13. The first kappa shape index (κ1) is 28.8. The van der Waals surface area contributed by atoms with Gasteiger partial charge in [0.2, 0.25) is 0 Å². The van der Waals surface area contributed by atoms with Crippen molar-refractivity contribution < 1.29 is 9.53 Å². The van der Waals surface area contributed by atoms with E-state index < -0.39 is 0 Å². The molecule has 1 aromatic heterocycles. The lowest BCUT2D eigenvalue weighted by Gasteiger charge is -2.13. The molecule has 0 aliphatic heterocycles. The van der Waals surface area contributed by atoms with Crippen molar-refractivity contribution in [3.8, 4) is 5.75 Å². The molecule has 0 amide bonds. The molecule has 4 nitrogen and oxygen atoms in total. The van der Waals surface area contributed by atoms with Gasteiger partial charge in [0.05, 0.1) is 5.52 Å². The largest absolute Gasteiger partial charge is 0.426 e. The molecule has 0 spiro atoms. The standard InChI is InChI=1S/C31H46N2O2/c1-4-5-6-7-8-9-10-11-12-13-14-15-16-17-18-22-30(34)35-29-21-19-20-28-31(29)27(23-25-32-28)24-26-33(2)3/h8-9,11-12,19-21,23,25H,4-7,10,13-18,22,24,26H2,1-3H3/b9-8-,12-11-. The minimum absolute atomic E-state index is 0.148. The molecule has 0 bridgehead atoms. The van der Waals surface area contributed by atoms with Crippen LogP contribution < -0.4 is 4.74 Å². The molecule has 0 atom stereocenters. The third-order valence-electron chi connectivity index (χ3n) is 6.20. The summed E-state index contributed by atoms with van der Waals surface area (Å²) in [5, 5.41) is 0.963. The minimum Gasteiger partial charge on any atom is -0.426 e. The third-order valence-corrected chi connectivity index (χ3v) is 6.20. The Balaban J connectivity index is 1.63. The molecule has 4 heteroatoms. The smallest absolute Gasteiger partial charge is 0.311 e. The monoisotopic (exact) mass is 478 g/mol. The highest BCUT2D eigenvalue weighted by Gasteiger charge is 2.12. The molecule has 35 heavy (non-hydrogen) atoms. The Bertz CT molecular complexity index is 912. The van der Waals surface area contributed by atoms with Gasteiger partial charge in [-0.2, -0.15) is 0 Å². The number of rotatable bonds is 18. The van der Waals surface area contributed by atoms with E-state index in [1.807, 2.05) is 30.5 Å². The van der Waals surface area contributed by atoms with Crippen LogP contribution in [0.1, 0.15) is 89.5 Å². The van der Waals surface area contributed by atoms with Crippen molar-refractivity contribution in [3.63, 3.8) is 0 Å². The van der Waals surface area contributed by atoms with Gasteiger partial charge in [-0.3, -0.25) is 9.78 Å². The highest BCUT2D eigenvalue weighted by atomic mass is 16.5. The first-order chi connectivity index (χ1) is 17.1. The Morgan fingerprint density at radius 1 is 0.914 bits per heavy atom. The van der Waals surface area contributed by atoms with E-state index >= 15 is 0 Å². The molecule has 0 fully saturated rings. The normalized spacial score (nSPS) is 11.9. The number of ether oxygens (including phenoxy) is 1. The molecule has 1 heterocycles. The van der Waals surface area contributed by atoms with E-state index in [2.05, 4.69) is 55.2 Å². The van der Waals surface area contributed by atoms with E-state index in [4.69, 9.17) is 4.74 Å². The molecule has 0 saturated heterocycles. The van der Waals surface area contributed by atoms with Gasteiger partial charge in [0.1, 0.15) is 5.75 Å². The number of fused-ring (bicyclic) bond motifs is 1. The van der Waals surface area contributed by atoms with Crippen molar-refractivity contribution >= 4 is 16.9 Å². The summed E-state index contributed by atoms with van der Waals surface area (Å²) in [4.78, 5) is 19.1. The number of likely N-dealkylation sites (N-methyl/N-ethyl adjacent to an activating group) is 1. The van der Waals surface area contributed by atoms with Crippen LogP contribution >= 0.6 is 0 Å². The topological polar surface area (TPSA) is 42.4 Å². The second-order valence-corrected chi connectivity index (χ2v) is 9.63. The molecule has 0 N–H and O–H groups in total. The Labute approximate surface area is 213 Å². The van der Waals surface area contributed by atoms with Crippen LogP contribution in [0.15, 0.2) is 54.8 Å². The minimum atomic E-state index is -0.148. The van der Waals surface area contributed by atoms with Crippen LogP contribution in [0.3, 0.4) is 0 Å². The lowest BCUT2D eigenvalue weighted by atomic mass is 10.1. The SMILES string of the molecule is CCCCC/C=C\C/C=C\CCCCCCCC(=O)Oc1cccc2nccc(CCN(C)C)c12. The van der Waals surface area contributed by atoms with Gasteiger partial charge in [-0.05, 0) is 82.8 Å². The van der Waals surface area contributed by atoms with Crippen LogP contribution in [0, 0.1) is 0 Å². The van der Waals surface area contributed by atoms with Crippen molar-refractivity contribution in [2.24, 2.45) is 0 Å². The maximum absolute atomic E-state index is 12.5. The Hall–Kier alpha value is -2.46. The molecular weight excluding hydrogens is 432 g/mol. The summed E-state index contributed by atoms with van der Waals surface area (Å²) < 4.78 is 5.79. The lowest BCUT2D eigenvalue weighted by molar-refractivity contribution is -0.134. The van der Waals surface area contributed by atoms with Gasteiger partial charge in [0.15, 0.2) is 0 Å². The number of carbonyl (C=O) groups excluding carboxylic acids is 1. The van der Waals surface area contributed by atoms with Crippen LogP contribution in [-0.4, -0.2) is 36.5 Å². The zero-order valence-electron chi connectivity index (χ0n) is 22.3. The van der Waals surface area contributed by atoms with E-state index in [1.165, 1.54) is 50.5 Å². The van der Waals surface area contributed by atoms with E-state index in [9.17, 15) is 4.79 Å². The summed E-state index contributed by atoms with van der Waals surface area (Å²) in [6, 6.07) is 7.80. The molecule has 0 unspecified atom stereocenters. The van der Waals surface area contributed by atoms with Crippen LogP contribution in [0.5, 0.6) is 5.75 Å². The van der Waals surface area contributed by atoms with Crippen molar-refractivity contribution in [1.29, 1.82) is 0 Å². The number of aromatic nitrogens is 1. The quantitative estimate of drug-likeness (QED) is 0.0940. The van der Waals surface area contributed by atoms with Crippen LogP contribution in [0.2, 0.25) is 0 Å². The summed E-state index contributed by atoms with van der Waals surface area (Å²) in [5.41, 5.74) is 2.05. The maximum atomic E-state index is 12.5. The molecular formula is C31H46N2O2. The highest BCUT2D eigenvalue weighted by Crippen LogP contribution is 2.28. The van der Waals surface area contributed by atoms with E-state index in [1.54, 1.807) is 0 Å². The molecule has 2 aromatic rings. The average Bonchev–Trinajstić information content (AvgIpc) is 2.85. The summed E-state index contributed by atoms with van der Waals surface area (Å²) in [5.74, 6) is 0.488. The number of allylic oxidation sites excluding steroid dienone is 4. The van der Waals surface area contributed by atoms with Gasteiger partial charge >= 0.3 is 5.97 Å². The summed E-state index contributed by atoms with van der Waals surface area (Å²) in [6.07, 6.45) is 25.3. The molecule has 0 radical (unpaired) electrons. The zero-order valence-corrected chi connectivity index (χ0v) is 22.3. The zero-order chi connectivity index (χ0) is 25.1. The number of hydrogen-bond donors (Lipinski definition) is 0. The predicted molar refractivity (Wildman–Crippen MR) is 149 cm³/mol. The van der Waals surface area contributed by atoms with Crippen molar-refractivity contribution in [3.05, 3.63) is 60.3 Å². The number of carbonyl (C=O) groups is 1. The van der Waals surface area contributed by atoms with Gasteiger partial charge in [-0.25, -0.2) is 0 Å². The Morgan fingerprint density at radius 3 is 2.37 bits per heavy atom. The second-order valence-electron chi connectivity index (χ2n) is 9.63. The summed E-state index contributed by atoms with van der Waals surface area (Å²) >= 11 is 0. The maximum Gasteiger partial charge on any atom is 0.311 e. The number of pyridine rings is 1. The van der Waals surface area contributed by atoms with Gasteiger partial charge in [0.25, 0.3) is 0 Å². The predicted octanol–water partition coefficient (Wildman–Crippen LogP) is 8.06. The van der Waals surface area contributed by atoms with E-state index in [0.717, 1.165) is 49.6 Å². The lowest BCUT2D eigenvalue weighted by Crippen LogP contribution is -2.15. The number of unbranched alkanes of at least 4 members (excludes halogenated alkanes) is 8. The Kier molecular flexibility index (Phi) is 14.7. The van der Waals surface area contributed by atoms with Crippen molar-refractivity contribution in [2.45, 2.75) is 90.4 Å². The fourth-order valence-corrected chi connectivity index (χ4v) is 4.13. The second kappa shape index (κ2) is 17.9. The molecule has 2 rings (SSSR count). The van der Waals surface area contributed by atoms with Crippen LogP contribution in [0.25, 0.3) is 10.9 Å². The molecule has 192 valence electrons. The molecule has 1 aromatic carbocycles. The molecule has 0 aliphatic rings. The van der Waals surface area contributed by atoms with Gasteiger partial charge in [-0.1, -0.05) is 69.4 Å². The molecule has 0 saturated carbocycles. The van der Waals surface area contributed by atoms with E-state index in [0.29, 0.717) is 12.2 Å². The number of esters is 1. The third kappa shape index (κ3) is 12.2. The van der Waals surface area contributed by atoms with Crippen molar-refractivity contribution in [2.75, 3.05) is 20.6 Å². The molecule has 0 aliphatic carbocycles. The van der Waals surface area contributed by atoms with Gasteiger partial charge in [0, 0.05) is 24.5 Å². The van der Waals surface area contributed by atoms with Gasteiger partial charge < -0.3 is 9.64 Å². The first-order valence-corrected chi connectivity index (χ1v) is 13.6. The fraction of sp³-hybridized carbons (Fsp3) is 0.548. The van der Waals surface area contributed by atoms with Crippen molar-refractivity contribution in [1.82, 2.24) is 9.88 Å².